The van der Waals surface area contributed by atoms with Crippen molar-refractivity contribution in [3.63, 3.8) is 0 Å². The summed E-state index contributed by atoms with van der Waals surface area (Å²) in [5.41, 5.74) is 0.628. The summed E-state index contributed by atoms with van der Waals surface area (Å²) in [6.07, 6.45) is 3.54. The van der Waals surface area contributed by atoms with Gasteiger partial charge >= 0.3 is 0 Å². The second-order valence-electron chi connectivity index (χ2n) is 7.17. The van der Waals surface area contributed by atoms with E-state index in [0.29, 0.717) is 6.04 Å². The zero-order valence-corrected chi connectivity index (χ0v) is 13.4. The molecule has 1 atom stereocenters. The normalized spacial score (nSPS) is 32.7. The fourth-order valence-electron chi connectivity index (χ4n) is 3.41. The quantitative estimate of drug-likeness (QED) is 0.921. The smallest absolute Gasteiger partial charge is 0.116 e. The number of aromatic nitrogens is 1. The van der Waals surface area contributed by atoms with Crippen molar-refractivity contribution >= 4 is 11.3 Å². The largest absolute Gasteiger partial charge is 0.367 e. The minimum absolute atomic E-state index is 0.106. The lowest BCUT2D eigenvalue weighted by Crippen LogP contribution is -2.55. The molecule has 1 N–H and O–H groups in total. The third kappa shape index (κ3) is 2.24. The summed E-state index contributed by atoms with van der Waals surface area (Å²) in [6, 6.07) is 0.640. The Morgan fingerprint density at radius 3 is 2.42 bits per heavy atom. The second kappa shape index (κ2) is 4.03. The molecule has 1 aromatic rings. The summed E-state index contributed by atoms with van der Waals surface area (Å²) in [6.45, 7) is 10.8. The Morgan fingerprint density at radius 1 is 1.32 bits per heavy atom. The molecule has 0 radical (unpaired) electrons. The number of aryl methyl sites for hydroxylation is 1. The highest BCUT2D eigenvalue weighted by Crippen LogP contribution is 2.52. The van der Waals surface area contributed by atoms with E-state index in [4.69, 9.17) is 9.72 Å². The van der Waals surface area contributed by atoms with Crippen molar-refractivity contribution in [2.75, 3.05) is 0 Å². The zero-order chi connectivity index (χ0) is 13.9. The molecule has 1 saturated heterocycles. The maximum absolute atomic E-state index is 6.35. The van der Waals surface area contributed by atoms with Gasteiger partial charge in [0, 0.05) is 23.5 Å². The Kier molecular flexibility index (Phi) is 2.87. The Hall–Kier alpha value is -0.450. The van der Waals surface area contributed by atoms with Crippen LogP contribution >= 0.6 is 11.3 Å². The molecule has 2 fully saturated rings. The van der Waals surface area contributed by atoms with E-state index < -0.39 is 0 Å². The van der Waals surface area contributed by atoms with Crippen molar-refractivity contribution in [3.05, 3.63) is 16.1 Å². The van der Waals surface area contributed by atoms with Crippen molar-refractivity contribution in [2.24, 2.45) is 0 Å². The molecule has 1 saturated carbocycles. The van der Waals surface area contributed by atoms with Gasteiger partial charge in [0.25, 0.3) is 0 Å². The monoisotopic (exact) mass is 280 g/mol. The van der Waals surface area contributed by atoms with Gasteiger partial charge in [-0.05, 0) is 47.5 Å². The van der Waals surface area contributed by atoms with Gasteiger partial charge in [-0.1, -0.05) is 0 Å². The number of hydrogen-bond acceptors (Lipinski definition) is 4. The van der Waals surface area contributed by atoms with Crippen LogP contribution in [0, 0.1) is 6.92 Å². The molecule has 106 valence electrons. The van der Waals surface area contributed by atoms with Gasteiger partial charge in [0.05, 0.1) is 11.2 Å². The fourth-order valence-corrected chi connectivity index (χ4v) is 4.52. The molecule has 0 aromatic carbocycles. The van der Waals surface area contributed by atoms with Gasteiger partial charge in [-0.25, -0.2) is 4.98 Å². The van der Waals surface area contributed by atoms with Crippen molar-refractivity contribution in [1.29, 1.82) is 0 Å². The Labute approximate surface area is 119 Å². The molecule has 2 aliphatic rings. The highest BCUT2D eigenvalue weighted by molar-refractivity contribution is 7.09. The van der Waals surface area contributed by atoms with Crippen LogP contribution in [0.4, 0.5) is 0 Å². The third-order valence-electron chi connectivity index (χ3n) is 4.26. The highest BCUT2D eigenvalue weighted by Gasteiger charge is 2.60. The fraction of sp³-hybridized carbons (Fsp3) is 0.800. The van der Waals surface area contributed by atoms with E-state index in [2.05, 4.69) is 45.3 Å². The maximum Gasteiger partial charge on any atom is 0.116 e. The molecule has 0 bridgehead atoms. The molecule has 2 heterocycles. The second-order valence-corrected chi connectivity index (χ2v) is 8.02. The van der Waals surface area contributed by atoms with E-state index in [1.807, 2.05) is 0 Å². The van der Waals surface area contributed by atoms with E-state index >= 15 is 0 Å². The number of rotatable bonds is 3. The minimum Gasteiger partial charge on any atom is -0.367 e. The third-order valence-corrected chi connectivity index (χ3v) is 5.38. The van der Waals surface area contributed by atoms with Crippen molar-refractivity contribution in [3.8, 4) is 0 Å². The van der Waals surface area contributed by atoms with Crippen LogP contribution in [0.1, 0.15) is 57.7 Å². The average Bonchev–Trinajstić information content (AvgIpc) is 2.89. The Morgan fingerprint density at radius 2 is 2.00 bits per heavy atom. The van der Waals surface area contributed by atoms with Crippen molar-refractivity contribution < 1.29 is 4.74 Å². The predicted molar refractivity (Wildman–Crippen MR) is 78.5 cm³/mol. The lowest BCUT2D eigenvalue weighted by atomic mass is 9.79. The van der Waals surface area contributed by atoms with Crippen LogP contribution in [0.25, 0.3) is 0 Å². The molecule has 1 aliphatic carbocycles. The first-order valence-corrected chi connectivity index (χ1v) is 8.03. The molecule has 0 amide bonds. The summed E-state index contributed by atoms with van der Waals surface area (Å²) in [4.78, 5) is 4.78. The summed E-state index contributed by atoms with van der Waals surface area (Å²) >= 11 is 1.76. The Bertz CT molecular complexity index is 490. The van der Waals surface area contributed by atoms with Gasteiger partial charge in [-0.15, -0.1) is 11.3 Å². The molecule has 4 heteroatoms. The van der Waals surface area contributed by atoms with E-state index in [9.17, 15) is 0 Å². The highest BCUT2D eigenvalue weighted by atomic mass is 32.1. The van der Waals surface area contributed by atoms with Crippen LogP contribution < -0.4 is 5.32 Å². The maximum atomic E-state index is 6.35. The topological polar surface area (TPSA) is 34.1 Å². The number of nitrogens with one attached hydrogen (secondary N) is 1. The van der Waals surface area contributed by atoms with Crippen LogP contribution in [0.5, 0.6) is 0 Å². The molecular formula is C15H24N2OS. The summed E-state index contributed by atoms with van der Waals surface area (Å²) in [7, 11) is 0. The predicted octanol–water partition coefficient (Wildman–Crippen LogP) is 3.38. The lowest BCUT2D eigenvalue weighted by Gasteiger charge is -2.39. The van der Waals surface area contributed by atoms with Gasteiger partial charge in [0.2, 0.25) is 0 Å². The van der Waals surface area contributed by atoms with Gasteiger partial charge in [-0.2, -0.15) is 0 Å². The van der Waals surface area contributed by atoms with E-state index in [0.717, 1.165) is 12.1 Å². The SMILES string of the molecule is Cc1csc(C2(NC3CC3)CC(C)(C)OC2(C)C)n1. The molecule has 1 aliphatic heterocycles. The van der Waals surface area contributed by atoms with Gasteiger partial charge < -0.3 is 10.1 Å². The van der Waals surface area contributed by atoms with E-state index in [1.165, 1.54) is 17.8 Å². The number of hydrogen-bond donors (Lipinski definition) is 1. The lowest BCUT2D eigenvalue weighted by molar-refractivity contribution is -0.0847. The molecule has 0 spiro atoms. The molecule has 1 aromatic heterocycles. The standard InChI is InChI=1S/C15H24N2OS/c1-10-8-19-12(16-10)15(17-11-6-7-11)9-13(2,3)18-14(15,4)5/h8,11,17H,6-7,9H2,1-5H3. The average molecular weight is 280 g/mol. The van der Waals surface area contributed by atoms with E-state index in [-0.39, 0.29) is 16.7 Å². The zero-order valence-electron chi connectivity index (χ0n) is 12.5. The van der Waals surface area contributed by atoms with Crippen LogP contribution in [0.3, 0.4) is 0 Å². The van der Waals surface area contributed by atoms with Gasteiger partial charge in [0.1, 0.15) is 10.5 Å². The first kappa shape index (κ1) is 13.5. The number of thiazole rings is 1. The molecule has 3 rings (SSSR count). The van der Waals surface area contributed by atoms with Gasteiger partial charge in [0.15, 0.2) is 0 Å². The first-order chi connectivity index (χ1) is 8.74. The van der Waals surface area contributed by atoms with Crippen molar-refractivity contribution in [1.82, 2.24) is 10.3 Å². The van der Waals surface area contributed by atoms with Crippen LogP contribution in [0.2, 0.25) is 0 Å². The van der Waals surface area contributed by atoms with Crippen LogP contribution in [-0.2, 0) is 10.3 Å². The molecule has 19 heavy (non-hydrogen) atoms. The first-order valence-electron chi connectivity index (χ1n) is 7.15. The number of ether oxygens (including phenoxy) is 1. The summed E-state index contributed by atoms with van der Waals surface area (Å²) < 4.78 is 6.35. The summed E-state index contributed by atoms with van der Waals surface area (Å²) in [5.74, 6) is 0. The van der Waals surface area contributed by atoms with Crippen LogP contribution in [-0.4, -0.2) is 22.2 Å². The van der Waals surface area contributed by atoms with Crippen molar-refractivity contribution in [2.45, 2.75) is 76.7 Å². The summed E-state index contributed by atoms with van der Waals surface area (Å²) in [5, 5.41) is 7.20. The van der Waals surface area contributed by atoms with Crippen LogP contribution in [0.15, 0.2) is 5.38 Å². The van der Waals surface area contributed by atoms with E-state index in [1.54, 1.807) is 11.3 Å². The Balaban J connectivity index is 2.05. The molecular weight excluding hydrogens is 256 g/mol. The van der Waals surface area contributed by atoms with Gasteiger partial charge in [-0.3, -0.25) is 0 Å². The molecule has 3 nitrogen and oxygen atoms in total. The molecule has 1 unspecified atom stereocenters. The minimum atomic E-state index is -0.233. The number of nitrogens with zero attached hydrogens (tertiary/aromatic N) is 1.